The molecule has 1 fully saturated rings. The highest BCUT2D eigenvalue weighted by Crippen LogP contribution is 2.25. The van der Waals surface area contributed by atoms with Gasteiger partial charge in [0.1, 0.15) is 0 Å². The fraction of sp³-hybridized carbons (Fsp3) is 0.625. The zero-order chi connectivity index (χ0) is 17.1. The minimum absolute atomic E-state index is 0.0570. The number of hydrogen-bond donors (Lipinski definition) is 1. The number of amides is 1. The van der Waals surface area contributed by atoms with Crippen LogP contribution >= 0.6 is 0 Å². The second-order valence-corrected chi connectivity index (χ2v) is 6.35. The number of morpholine rings is 1. The highest BCUT2D eigenvalue weighted by atomic mass is 16.5. The van der Waals surface area contributed by atoms with Crippen LogP contribution in [0.3, 0.4) is 0 Å². The van der Waals surface area contributed by atoms with Crippen molar-refractivity contribution in [2.45, 2.75) is 45.6 Å². The van der Waals surface area contributed by atoms with Gasteiger partial charge in [0.05, 0.1) is 31.1 Å². The van der Waals surface area contributed by atoms with Gasteiger partial charge in [0.25, 0.3) is 0 Å². The van der Waals surface area contributed by atoms with E-state index in [-0.39, 0.29) is 17.9 Å². The van der Waals surface area contributed by atoms with Crippen molar-refractivity contribution in [2.24, 2.45) is 0 Å². The Balaban J connectivity index is 1.64. The first-order valence-electron chi connectivity index (χ1n) is 8.25. The Morgan fingerprint density at radius 2 is 2.33 bits per heavy atom. The largest absolute Gasteiger partial charge is 0.377 e. The van der Waals surface area contributed by atoms with Crippen LogP contribution in [0.5, 0.6) is 0 Å². The fourth-order valence-corrected chi connectivity index (χ4v) is 2.80. The minimum atomic E-state index is -0.123. The molecule has 8 heteroatoms. The Kier molecular flexibility index (Phi) is 4.94. The van der Waals surface area contributed by atoms with Gasteiger partial charge >= 0.3 is 0 Å². The number of aryl methyl sites for hydroxylation is 2. The quantitative estimate of drug-likeness (QED) is 0.895. The van der Waals surface area contributed by atoms with Gasteiger partial charge in [-0.15, -0.1) is 0 Å². The third-order valence-corrected chi connectivity index (χ3v) is 4.20. The Hall–Kier alpha value is -2.22. The standard InChI is InChI=1S/C16H23N5O3/c1-10(2)16-18-13(24-20-16)4-5-14(22)21-6-7-23-9-12(21)15-11(3)8-17-19-15/h8,10,12H,4-7,9H2,1-3H3,(H,17,19)/t12-/m0/s1. The summed E-state index contributed by atoms with van der Waals surface area (Å²) >= 11 is 0. The van der Waals surface area contributed by atoms with Crippen LogP contribution < -0.4 is 0 Å². The number of carbonyl (C=O) groups excluding carboxylic acids is 1. The predicted octanol–water partition coefficient (Wildman–Crippen LogP) is 1.76. The van der Waals surface area contributed by atoms with E-state index in [4.69, 9.17) is 9.26 Å². The lowest BCUT2D eigenvalue weighted by Crippen LogP contribution is -2.43. The molecule has 1 amide bonds. The molecule has 0 aromatic carbocycles. The van der Waals surface area contributed by atoms with Crippen LogP contribution in [-0.2, 0) is 16.0 Å². The van der Waals surface area contributed by atoms with Crippen molar-refractivity contribution in [3.05, 3.63) is 29.2 Å². The third-order valence-electron chi connectivity index (χ3n) is 4.20. The van der Waals surface area contributed by atoms with E-state index in [1.165, 1.54) is 0 Å². The van der Waals surface area contributed by atoms with Gasteiger partial charge in [-0.25, -0.2) is 0 Å². The number of rotatable bonds is 5. The number of ether oxygens (including phenoxy) is 1. The molecule has 130 valence electrons. The van der Waals surface area contributed by atoms with Crippen molar-refractivity contribution in [2.75, 3.05) is 19.8 Å². The molecule has 24 heavy (non-hydrogen) atoms. The Bertz CT molecular complexity index is 693. The van der Waals surface area contributed by atoms with Gasteiger partial charge in [0.2, 0.25) is 11.8 Å². The van der Waals surface area contributed by atoms with Crippen LogP contribution in [-0.4, -0.2) is 50.9 Å². The summed E-state index contributed by atoms with van der Waals surface area (Å²) in [6.45, 7) is 7.58. The summed E-state index contributed by atoms with van der Waals surface area (Å²) < 4.78 is 10.8. The molecule has 3 rings (SSSR count). The SMILES string of the molecule is Cc1cn[nH]c1[C@@H]1COCCN1C(=O)CCc1nc(C(C)C)no1. The van der Waals surface area contributed by atoms with Crippen LogP contribution in [0.4, 0.5) is 0 Å². The number of nitrogens with one attached hydrogen (secondary N) is 1. The van der Waals surface area contributed by atoms with Crippen LogP contribution in [0.1, 0.15) is 55.2 Å². The smallest absolute Gasteiger partial charge is 0.227 e. The maximum absolute atomic E-state index is 12.7. The summed E-state index contributed by atoms with van der Waals surface area (Å²) in [5.74, 6) is 1.45. The van der Waals surface area contributed by atoms with E-state index in [1.807, 2.05) is 25.7 Å². The van der Waals surface area contributed by atoms with Crippen molar-refractivity contribution in [1.29, 1.82) is 0 Å². The molecule has 1 saturated heterocycles. The molecule has 3 heterocycles. The van der Waals surface area contributed by atoms with Gasteiger partial charge in [-0.1, -0.05) is 19.0 Å². The lowest BCUT2D eigenvalue weighted by Gasteiger charge is -2.35. The van der Waals surface area contributed by atoms with Crippen molar-refractivity contribution in [1.82, 2.24) is 25.2 Å². The molecule has 0 radical (unpaired) electrons. The number of aromatic nitrogens is 4. The van der Waals surface area contributed by atoms with Gasteiger partial charge in [-0.3, -0.25) is 9.89 Å². The average molecular weight is 333 g/mol. The highest BCUT2D eigenvalue weighted by Gasteiger charge is 2.30. The monoisotopic (exact) mass is 333 g/mol. The Morgan fingerprint density at radius 3 is 3.00 bits per heavy atom. The summed E-state index contributed by atoms with van der Waals surface area (Å²) in [7, 11) is 0. The summed E-state index contributed by atoms with van der Waals surface area (Å²) in [6, 6.07) is -0.123. The topological polar surface area (TPSA) is 97.1 Å². The first-order valence-corrected chi connectivity index (χ1v) is 8.25. The molecule has 1 N–H and O–H groups in total. The van der Waals surface area contributed by atoms with Crippen LogP contribution in [0.25, 0.3) is 0 Å². The molecule has 1 aliphatic heterocycles. The summed E-state index contributed by atoms with van der Waals surface area (Å²) in [6.07, 6.45) is 2.55. The van der Waals surface area contributed by atoms with E-state index in [9.17, 15) is 4.79 Å². The van der Waals surface area contributed by atoms with Gasteiger partial charge in [0, 0.05) is 25.3 Å². The van der Waals surface area contributed by atoms with E-state index in [0.29, 0.717) is 44.3 Å². The molecule has 0 saturated carbocycles. The first kappa shape index (κ1) is 16.6. The highest BCUT2D eigenvalue weighted by molar-refractivity contribution is 5.77. The number of aromatic amines is 1. The summed E-state index contributed by atoms with van der Waals surface area (Å²) in [5, 5.41) is 11.0. The third kappa shape index (κ3) is 3.48. The van der Waals surface area contributed by atoms with E-state index < -0.39 is 0 Å². The zero-order valence-electron chi connectivity index (χ0n) is 14.3. The second kappa shape index (κ2) is 7.12. The summed E-state index contributed by atoms with van der Waals surface area (Å²) in [4.78, 5) is 18.8. The lowest BCUT2D eigenvalue weighted by molar-refractivity contribution is -0.140. The van der Waals surface area contributed by atoms with E-state index in [2.05, 4.69) is 20.3 Å². The molecule has 0 unspecified atom stereocenters. The van der Waals surface area contributed by atoms with Gasteiger partial charge < -0.3 is 14.2 Å². The lowest BCUT2D eigenvalue weighted by atomic mass is 10.1. The molecule has 0 aliphatic carbocycles. The average Bonchev–Trinajstić information content (AvgIpc) is 3.21. The molecule has 8 nitrogen and oxygen atoms in total. The van der Waals surface area contributed by atoms with E-state index in [1.54, 1.807) is 6.20 Å². The van der Waals surface area contributed by atoms with Crippen molar-refractivity contribution in [3.63, 3.8) is 0 Å². The van der Waals surface area contributed by atoms with Crippen LogP contribution in [0.15, 0.2) is 10.7 Å². The van der Waals surface area contributed by atoms with Gasteiger partial charge in [-0.05, 0) is 12.5 Å². The molecular weight excluding hydrogens is 310 g/mol. The molecular formula is C16H23N5O3. The maximum Gasteiger partial charge on any atom is 0.227 e. The van der Waals surface area contributed by atoms with Crippen molar-refractivity contribution in [3.8, 4) is 0 Å². The number of carbonyl (C=O) groups is 1. The zero-order valence-corrected chi connectivity index (χ0v) is 14.3. The molecule has 0 bridgehead atoms. The number of nitrogens with zero attached hydrogens (tertiary/aromatic N) is 4. The van der Waals surface area contributed by atoms with Gasteiger partial charge in [0.15, 0.2) is 5.82 Å². The minimum Gasteiger partial charge on any atom is -0.377 e. The Morgan fingerprint density at radius 1 is 1.50 bits per heavy atom. The normalized spacial score (nSPS) is 18.3. The molecule has 2 aromatic rings. The Labute approximate surface area is 140 Å². The van der Waals surface area contributed by atoms with Crippen molar-refractivity contribution >= 4 is 5.91 Å². The second-order valence-electron chi connectivity index (χ2n) is 6.35. The van der Waals surface area contributed by atoms with Gasteiger partial charge in [-0.2, -0.15) is 10.1 Å². The molecule has 2 aromatic heterocycles. The predicted molar refractivity (Wildman–Crippen MR) is 85.3 cm³/mol. The molecule has 1 atom stereocenters. The number of H-pyrrole nitrogens is 1. The number of hydrogen-bond acceptors (Lipinski definition) is 6. The fourth-order valence-electron chi connectivity index (χ4n) is 2.80. The first-order chi connectivity index (χ1) is 11.6. The van der Waals surface area contributed by atoms with E-state index in [0.717, 1.165) is 11.3 Å². The van der Waals surface area contributed by atoms with Crippen LogP contribution in [0, 0.1) is 6.92 Å². The van der Waals surface area contributed by atoms with Crippen LogP contribution in [0.2, 0.25) is 0 Å². The summed E-state index contributed by atoms with van der Waals surface area (Å²) in [5.41, 5.74) is 1.96. The van der Waals surface area contributed by atoms with E-state index >= 15 is 0 Å². The van der Waals surface area contributed by atoms with Crippen molar-refractivity contribution < 1.29 is 14.1 Å². The molecule has 0 spiro atoms. The maximum atomic E-state index is 12.7. The molecule has 1 aliphatic rings.